The number of hydrogen-bond donors (Lipinski definition) is 1. The number of nitrogens with one attached hydrogen (secondary N) is 1. The van der Waals surface area contributed by atoms with Gasteiger partial charge in [0.2, 0.25) is 0 Å². The summed E-state index contributed by atoms with van der Waals surface area (Å²) in [4.78, 5) is 13.2. The van der Waals surface area contributed by atoms with Gasteiger partial charge in [-0.1, -0.05) is 22.9 Å². The Hall–Kier alpha value is -1.85. The highest BCUT2D eigenvalue weighted by molar-refractivity contribution is 7.94. The van der Waals surface area contributed by atoms with Gasteiger partial charge in [-0.15, -0.1) is 0 Å². The monoisotopic (exact) mass is 355 g/mol. The first-order chi connectivity index (χ1) is 9.72. The summed E-state index contributed by atoms with van der Waals surface area (Å²) in [6, 6.07) is 1.17. The van der Waals surface area contributed by atoms with E-state index in [2.05, 4.69) is 4.98 Å². The number of halogens is 3. The number of nitro groups is 1. The van der Waals surface area contributed by atoms with Gasteiger partial charge in [0, 0.05) is 6.07 Å². The lowest BCUT2D eigenvalue weighted by molar-refractivity contribution is -0.384. The molecule has 0 aliphatic heterocycles. The lowest BCUT2D eigenvalue weighted by Gasteiger charge is -2.08. The van der Waals surface area contributed by atoms with E-state index in [4.69, 9.17) is 11.6 Å². The molecular formula is C9H4ClF2N3O4S2. The maximum Gasteiger partial charge on any atom is 0.296 e. The van der Waals surface area contributed by atoms with Gasteiger partial charge in [0.05, 0.1) is 11.1 Å². The highest BCUT2D eigenvalue weighted by atomic mass is 35.5. The van der Waals surface area contributed by atoms with Crippen LogP contribution in [0.2, 0.25) is 4.47 Å². The van der Waals surface area contributed by atoms with E-state index in [1.54, 1.807) is 4.72 Å². The van der Waals surface area contributed by atoms with Gasteiger partial charge < -0.3 is 0 Å². The number of nitro benzene ring substituents is 1. The number of aromatic nitrogens is 1. The normalized spacial score (nSPS) is 11.4. The summed E-state index contributed by atoms with van der Waals surface area (Å²) in [7, 11) is -4.38. The predicted molar refractivity (Wildman–Crippen MR) is 70.9 cm³/mol. The van der Waals surface area contributed by atoms with Crippen molar-refractivity contribution in [3.05, 3.63) is 44.5 Å². The number of hydrogen-bond acceptors (Lipinski definition) is 6. The second kappa shape index (κ2) is 5.50. The highest BCUT2D eigenvalue weighted by Gasteiger charge is 2.27. The quantitative estimate of drug-likeness (QED) is 0.671. The fourth-order valence-corrected chi connectivity index (χ4v) is 3.71. The van der Waals surface area contributed by atoms with Crippen LogP contribution in [0.5, 0.6) is 0 Å². The van der Waals surface area contributed by atoms with Crippen LogP contribution < -0.4 is 4.72 Å². The minimum Gasteiger partial charge on any atom is -0.270 e. The summed E-state index contributed by atoms with van der Waals surface area (Å²) in [5.41, 5.74) is -2.02. The largest absolute Gasteiger partial charge is 0.296 e. The molecule has 2 rings (SSSR count). The molecule has 0 atom stereocenters. The van der Waals surface area contributed by atoms with Gasteiger partial charge >= 0.3 is 0 Å². The molecule has 21 heavy (non-hydrogen) atoms. The lowest BCUT2D eigenvalue weighted by Crippen LogP contribution is -2.14. The Kier molecular flexibility index (Phi) is 4.07. The van der Waals surface area contributed by atoms with Crippen LogP contribution in [-0.2, 0) is 10.0 Å². The molecule has 0 bridgehead atoms. The maximum absolute atomic E-state index is 13.6. The van der Waals surface area contributed by atoms with Crippen LogP contribution >= 0.6 is 22.9 Å². The molecular weight excluding hydrogens is 352 g/mol. The van der Waals surface area contributed by atoms with Crippen molar-refractivity contribution in [1.29, 1.82) is 0 Å². The zero-order valence-electron chi connectivity index (χ0n) is 9.71. The Morgan fingerprint density at radius 1 is 1.38 bits per heavy atom. The fourth-order valence-electron chi connectivity index (χ4n) is 1.34. The van der Waals surface area contributed by atoms with Crippen molar-refractivity contribution in [3.63, 3.8) is 0 Å². The first-order valence-electron chi connectivity index (χ1n) is 4.99. The van der Waals surface area contributed by atoms with Crippen molar-refractivity contribution in [2.75, 3.05) is 4.72 Å². The molecule has 2 aromatic rings. The van der Waals surface area contributed by atoms with E-state index in [0.29, 0.717) is 23.5 Å². The van der Waals surface area contributed by atoms with Crippen molar-refractivity contribution >= 4 is 44.3 Å². The molecule has 0 spiro atoms. The van der Waals surface area contributed by atoms with Crippen molar-refractivity contribution < 1.29 is 22.1 Å². The second-order valence-electron chi connectivity index (χ2n) is 3.55. The Morgan fingerprint density at radius 3 is 2.57 bits per heavy atom. The Balaban J connectivity index is 2.53. The SMILES string of the molecule is O=[N+]([O-])c1ccc(F)c(F)c1NS(=O)(=O)c1cnc(Cl)s1. The molecule has 0 saturated carbocycles. The molecule has 7 nitrogen and oxygen atoms in total. The number of rotatable bonds is 4. The molecule has 0 aliphatic rings. The average molecular weight is 356 g/mol. The van der Waals surface area contributed by atoms with E-state index in [9.17, 15) is 27.3 Å². The average Bonchev–Trinajstić information content (AvgIpc) is 2.82. The van der Waals surface area contributed by atoms with Gasteiger partial charge in [0.25, 0.3) is 15.7 Å². The highest BCUT2D eigenvalue weighted by Crippen LogP contribution is 2.32. The first kappa shape index (κ1) is 15.5. The molecule has 0 amide bonds. The van der Waals surface area contributed by atoms with Crippen molar-refractivity contribution in [2.45, 2.75) is 4.21 Å². The number of nitrogens with zero attached hydrogens (tertiary/aromatic N) is 2. The van der Waals surface area contributed by atoms with E-state index in [1.165, 1.54) is 0 Å². The third-order valence-corrected chi connectivity index (χ3v) is 5.15. The smallest absolute Gasteiger partial charge is 0.270 e. The second-order valence-corrected chi connectivity index (χ2v) is 7.07. The molecule has 1 aromatic heterocycles. The zero-order chi connectivity index (χ0) is 15.8. The van der Waals surface area contributed by atoms with Gasteiger partial charge in [-0.25, -0.2) is 22.2 Å². The van der Waals surface area contributed by atoms with E-state index in [1.807, 2.05) is 0 Å². The van der Waals surface area contributed by atoms with Crippen LogP contribution in [0, 0.1) is 21.7 Å². The minimum atomic E-state index is -4.38. The van der Waals surface area contributed by atoms with Crippen LogP contribution in [0.15, 0.2) is 22.5 Å². The molecule has 12 heteroatoms. The van der Waals surface area contributed by atoms with Gasteiger partial charge in [-0.05, 0) is 6.07 Å². The van der Waals surface area contributed by atoms with E-state index < -0.39 is 42.2 Å². The zero-order valence-corrected chi connectivity index (χ0v) is 12.1. The van der Waals surface area contributed by atoms with Gasteiger partial charge in [0.1, 0.15) is 0 Å². The summed E-state index contributed by atoms with van der Waals surface area (Å²) in [5.74, 6) is -3.11. The minimum absolute atomic E-state index is 0.0930. The van der Waals surface area contributed by atoms with Gasteiger partial charge in [-0.3, -0.25) is 14.8 Å². The Labute approximate surface area is 125 Å². The number of thiazole rings is 1. The van der Waals surface area contributed by atoms with Crippen LogP contribution in [0.1, 0.15) is 0 Å². The summed E-state index contributed by atoms with van der Waals surface area (Å²) >= 11 is 6.04. The lowest BCUT2D eigenvalue weighted by atomic mass is 10.2. The van der Waals surface area contributed by atoms with Crippen LogP contribution in [0.4, 0.5) is 20.2 Å². The van der Waals surface area contributed by atoms with Crippen LogP contribution in [0.25, 0.3) is 0 Å². The van der Waals surface area contributed by atoms with E-state index >= 15 is 0 Å². The number of benzene rings is 1. The first-order valence-corrected chi connectivity index (χ1v) is 7.66. The summed E-state index contributed by atoms with van der Waals surface area (Å²) < 4.78 is 51.8. The third kappa shape index (κ3) is 3.09. The van der Waals surface area contributed by atoms with Crippen molar-refractivity contribution in [3.8, 4) is 0 Å². The summed E-state index contributed by atoms with van der Waals surface area (Å²) in [5, 5.41) is 10.8. The van der Waals surface area contributed by atoms with Crippen molar-refractivity contribution in [2.24, 2.45) is 0 Å². The molecule has 0 radical (unpaired) electrons. The van der Waals surface area contributed by atoms with Crippen LogP contribution in [-0.4, -0.2) is 18.3 Å². The van der Waals surface area contributed by atoms with Gasteiger partial charge in [-0.2, -0.15) is 0 Å². The fraction of sp³-hybridized carbons (Fsp3) is 0. The maximum atomic E-state index is 13.6. The number of anilines is 1. The molecule has 112 valence electrons. The molecule has 1 aromatic carbocycles. The predicted octanol–water partition coefficient (Wildman–Crippen LogP) is 2.78. The summed E-state index contributed by atoms with van der Waals surface area (Å²) in [6.45, 7) is 0. The van der Waals surface area contributed by atoms with E-state index in [-0.39, 0.29) is 4.47 Å². The molecule has 0 fully saturated rings. The molecule has 0 saturated heterocycles. The molecule has 0 aliphatic carbocycles. The van der Waals surface area contributed by atoms with Gasteiger partial charge in [0.15, 0.2) is 26.0 Å². The Morgan fingerprint density at radius 2 is 2.05 bits per heavy atom. The molecule has 0 unspecified atom stereocenters. The third-order valence-electron chi connectivity index (χ3n) is 2.23. The standard InChI is InChI=1S/C9H4ClF2N3O4S2/c10-9-13-3-6(20-9)21(18,19)14-8-5(15(16)17)2-1-4(11)7(8)12/h1-3,14H. The Bertz CT molecular complexity index is 824. The van der Waals surface area contributed by atoms with E-state index in [0.717, 1.165) is 6.20 Å². The van der Waals surface area contributed by atoms with Crippen molar-refractivity contribution in [1.82, 2.24) is 4.98 Å². The molecule has 1 N–H and O–H groups in total. The topological polar surface area (TPSA) is 102 Å². The molecule has 1 heterocycles. The number of sulfonamides is 1. The summed E-state index contributed by atoms with van der Waals surface area (Å²) in [6.07, 6.45) is 0.887. The van der Waals surface area contributed by atoms with Crippen LogP contribution in [0.3, 0.4) is 0 Å².